The fraction of sp³-hybridized carbons (Fsp3) is 0.611. The Hall–Kier alpha value is -1.91. The Balaban J connectivity index is 1.81. The highest BCUT2D eigenvalue weighted by Crippen LogP contribution is 2.31. The molecule has 0 radical (unpaired) electrons. The van der Waals surface area contributed by atoms with Gasteiger partial charge in [0.05, 0.1) is 12.8 Å². The standard InChI is InChI=1S/C18H29N3O2/c1-13(2)14(3)20-18(22)19-11-15-9-10-21(12-15)16-7-5-6-8-17(16)23-4/h5-8,13-15H,9-12H2,1-4H3,(H2,19,20,22)/t14-,15+/m1/s1. The Labute approximate surface area is 139 Å². The molecule has 5 heteroatoms. The van der Waals surface area contributed by atoms with Gasteiger partial charge in [0.1, 0.15) is 5.75 Å². The van der Waals surface area contributed by atoms with E-state index in [2.05, 4.69) is 35.4 Å². The molecule has 2 atom stereocenters. The summed E-state index contributed by atoms with van der Waals surface area (Å²) in [4.78, 5) is 14.2. The van der Waals surface area contributed by atoms with Gasteiger partial charge in [-0.3, -0.25) is 0 Å². The van der Waals surface area contributed by atoms with Gasteiger partial charge in [0, 0.05) is 25.7 Å². The van der Waals surface area contributed by atoms with Gasteiger partial charge in [-0.2, -0.15) is 0 Å². The number of carbonyl (C=O) groups is 1. The predicted octanol–water partition coefficient (Wildman–Crippen LogP) is 2.87. The molecule has 1 aromatic rings. The average molecular weight is 319 g/mol. The van der Waals surface area contributed by atoms with Crippen LogP contribution in [0.3, 0.4) is 0 Å². The topological polar surface area (TPSA) is 53.6 Å². The van der Waals surface area contributed by atoms with Crippen molar-refractivity contribution in [2.75, 3.05) is 31.6 Å². The van der Waals surface area contributed by atoms with Crippen molar-refractivity contribution in [1.82, 2.24) is 10.6 Å². The lowest BCUT2D eigenvalue weighted by Crippen LogP contribution is -2.44. The summed E-state index contributed by atoms with van der Waals surface area (Å²) in [7, 11) is 1.70. The molecule has 1 fully saturated rings. The van der Waals surface area contributed by atoms with Crippen molar-refractivity contribution >= 4 is 11.7 Å². The van der Waals surface area contributed by atoms with E-state index in [1.54, 1.807) is 7.11 Å². The Morgan fingerprint density at radius 3 is 2.78 bits per heavy atom. The number of urea groups is 1. The Morgan fingerprint density at radius 1 is 1.35 bits per heavy atom. The lowest BCUT2D eigenvalue weighted by atomic mass is 10.1. The average Bonchev–Trinajstić information content (AvgIpc) is 3.01. The van der Waals surface area contributed by atoms with Crippen LogP contribution in [0.1, 0.15) is 27.2 Å². The maximum absolute atomic E-state index is 11.9. The van der Waals surface area contributed by atoms with Crippen LogP contribution in [-0.2, 0) is 0 Å². The maximum Gasteiger partial charge on any atom is 0.315 e. The van der Waals surface area contributed by atoms with E-state index in [9.17, 15) is 4.79 Å². The van der Waals surface area contributed by atoms with Crippen LogP contribution in [-0.4, -0.2) is 38.8 Å². The molecule has 23 heavy (non-hydrogen) atoms. The van der Waals surface area contributed by atoms with E-state index in [0.29, 0.717) is 18.4 Å². The van der Waals surface area contributed by atoms with Crippen LogP contribution in [0.2, 0.25) is 0 Å². The van der Waals surface area contributed by atoms with Crippen molar-refractivity contribution < 1.29 is 9.53 Å². The first-order chi connectivity index (χ1) is 11.0. The van der Waals surface area contributed by atoms with Crippen molar-refractivity contribution in [2.45, 2.75) is 33.2 Å². The number of nitrogens with zero attached hydrogens (tertiary/aromatic N) is 1. The molecule has 0 aromatic heterocycles. The third kappa shape index (κ3) is 4.78. The van der Waals surface area contributed by atoms with Crippen LogP contribution in [0.5, 0.6) is 5.75 Å². The Bertz CT molecular complexity index is 519. The number of methoxy groups -OCH3 is 1. The smallest absolute Gasteiger partial charge is 0.315 e. The summed E-state index contributed by atoms with van der Waals surface area (Å²) in [6.07, 6.45) is 1.08. The largest absolute Gasteiger partial charge is 0.495 e. The molecule has 0 bridgehead atoms. The molecule has 2 N–H and O–H groups in total. The summed E-state index contributed by atoms with van der Waals surface area (Å²) in [6.45, 7) is 8.89. The van der Waals surface area contributed by atoms with Gasteiger partial charge in [-0.05, 0) is 37.3 Å². The number of hydrogen-bond donors (Lipinski definition) is 2. The number of hydrogen-bond acceptors (Lipinski definition) is 3. The summed E-state index contributed by atoms with van der Waals surface area (Å²) < 4.78 is 5.44. The summed E-state index contributed by atoms with van der Waals surface area (Å²) in [5, 5.41) is 5.98. The van der Waals surface area contributed by atoms with Crippen molar-refractivity contribution in [3.05, 3.63) is 24.3 Å². The number of carbonyl (C=O) groups excluding carboxylic acids is 1. The number of anilines is 1. The molecule has 1 aliphatic rings. The molecule has 0 spiro atoms. The van der Waals surface area contributed by atoms with Gasteiger partial charge in [0.25, 0.3) is 0 Å². The van der Waals surface area contributed by atoms with Crippen molar-refractivity contribution in [3.63, 3.8) is 0 Å². The highest BCUT2D eigenvalue weighted by atomic mass is 16.5. The van der Waals surface area contributed by atoms with E-state index >= 15 is 0 Å². The molecule has 1 heterocycles. The van der Waals surface area contributed by atoms with Gasteiger partial charge in [-0.25, -0.2) is 4.79 Å². The van der Waals surface area contributed by atoms with E-state index in [4.69, 9.17) is 4.74 Å². The highest BCUT2D eigenvalue weighted by molar-refractivity contribution is 5.74. The molecule has 0 aliphatic carbocycles. The van der Waals surface area contributed by atoms with Crippen LogP contribution in [0.4, 0.5) is 10.5 Å². The minimum Gasteiger partial charge on any atom is -0.495 e. The molecule has 0 saturated carbocycles. The minimum atomic E-state index is -0.0676. The Morgan fingerprint density at radius 2 is 2.09 bits per heavy atom. The molecule has 5 nitrogen and oxygen atoms in total. The van der Waals surface area contributed by atoms with Crippen LogP contribution in [0.25, 0.3) is 0 Å². The molecule has 1 saturated heterocycles. The van der Waals surface area contributed by atoms with Gasteiger partial charge < -0.3 is 20.3 Å². The van der Waals surface area contributed by atoms with Crippen LogP contribution >= 0.6 is 0 Å². The monoisotopic (exact) mass is 319 g/mol. The first-order valence-corrected chi connectivity index (χ1v) is 8.43. The fourth-order valence-electron chi connectivity index (χ4n) is 2.77. The summed E-state index contributed by atoms with van der Waals surface area (Å²) in [5.74, 6) is 1.82. The van der Waals surface area contributed by atoms with Gasteiger partial charge in [-0.15, -0.1) is 0 Å². The summed E-state index contributed by atoms with van der Waals surface area (Å²) in [6, 6.07) is 8.21. The molecule has 2 amide bonds. The second kappa shape index (κ2) is 8.09. The van der Waals surface area contributed by atoms with Crippen LogP contribution in [0.15, 0.2) is 24.3 Å². The Kier molecular flexibility index (Phi) is 6.13. The van der Waals surface area contributed by atoms with Gasteiger partial charge in [-0.1, -0.05) is 26.0 Å². The predicted molar refractivity (Wildman–Crippen MR) is 94.1 cm³/mol. The van der Waals surface area contributed by atoms with Crippen molar-refractivity contribution in [3.8, 4) is 5.75 Å². The van der Waals surface area contributed by atoms with Gasteiger partial charge in [0.15, 0.2) is 0 Å². The quantitative estimate of drug-likeness (QED) is 0.848. The highest BCUT2D eigenvalue weighted by Gasteiger charge is 2.25. The molecule has 1 aromatic carbocycles. The van der Waals surface area contributed by atoms with Crippen molar-refractivity contribution in [2.24, 2.45) is 11.8 Å². The number of amides is 2. The second-order valence-corrected chi connectivity index (χ2v) is 6.66. The zero-order valence-electron chi connectivity index (χ0n) is 14.6. The zero-order chi connectivity index (χ0) is 16.8. The number of ether oxygens (including phenoxy) is 1. The van der Waals surface area contributed by atoms with Crippen molar-refractivity contribution in [1.29, 1.82) is 0 Å². The van der Waals surface area contributed by atoms with Gasteiger partial charge >= 0.3 is 6.03 Å². The fourth-order valence-corrected chi connectivity index (χ4v) is 2.77. The third-order valence-corrected chi connectivity index (χ3v) is 4.62. The molecule has 1 aliphatic heterocycles. The lowest BCUT2D eigenvalue weighted by molar-refractivity contribution is 0.233. The number of para-hydroxylation sites is 2. The molecule has 128 valence electrons. The first-order valence-electron chi connectivity index (χ1n) is 8.43. The first kappa shape index (κ1) is 17.4. The SMILES string of the molecule is COc1ccccc1N1CC[C@@H](CNC(=O)N[C@H](C)C(C)C)C1. The molecular formula is C18H29N3O2. The number of rotatable bonds is 6. The van der Waals surface area contributed by atoms with E-state index in [-0.39, 0.29) is 12.1 Å². The number of benzene rings is 1. The second-order valence-electron chi connectivity index (χ2n) is 6.66. The van der Waals surface area contributed by atoms with E-state index in [1.807, 2.05) is 25.1 Å². The van der Waals surface area contributed by atoms with E-state index in [0.717, 1.165) is 30.9 Å². The minimum absolute atomic E-state index is 0.0676. The molecule has 0 unspecified atom stereocenters. The van der Waals surface area contributed by atoms with E-state index < -0.39 is 0 Å². The third-order valence-electron chi connectivity index (χ3n) is 4.62. The van der Waals surface area contributed by atoms with Crippen LogP contribution in [0, 0.1) is 11.8 Å². The summed E-state index contributed by atoms with van der Waals surface area (Å²) >= 11 is 0. The van der Waals surface area contributed by atoms with Gasteiger partial charge in [0.2, 0.25) is 0 Å². The normalized spacial score (nSPS) is 18.8. The lowest BCUT2D eigenvalue weighted by Gasteiger charge is -2.22. The molecule has 2 rings (SSSR count). The van der Waals surface area contributed by atoms with E-state index in [1.165, 1.54) is 0 Å². The number of nitrogens with one attached hydrogen (secondary N) is 2. The zero-order valence-corrected chi connectivity index (χ0v) is 14.6. The van der Waals surface area contributed by atoms with Crippen LogP contribution < -0.4 is 20.3 Å². The molecular weight excluding hydrogens is 290 g/mol. The summed E-state index contributed by atoms with van der Waals surface area (Å²) in [5.41, 5.74) is 1.13. The maximum atomic E-state index is 11.9.